The highest BCUT2D eigenvalue weighted by Gasteiger charge is 2.32. The number of amides is 1. The van der Waals surface area contributed by atoms with E-state index in [0.717, 1.165) is 25.9 Å². The summed E-state index contributed by atoms with van der Waals surface area (Å²) in [5, 5.41) is 3.62. The second-order valence-corrected chi connectivity index (χ2v) is 7.35. The molecule has 0 aromatic carbocycles. The van der Waals surface area contributed by atoms with Crippen LogP contribution >= 0.6 is 0 Å². The van der Waals surface area contributed by atoms with E-state index in [2.05, 4.69) is 19.2 Å². The summed E-state index contributed by atoms with van der Waals surface area (Å²) in [6.45, 7) is 7.08. The Bertz CT molecular complexity index is 324. The van der Waals surface area contributed by atoms with Crippen LogP contribution in [-0.4, -0.2) is 42.5 Å². The predicted octanol–water partition coefficient (Wildman–Crippen LogP) is 1.88. The van der Waals surface area contributed by atoms with Crippen molar-refractivity contribution < 1.29 is 4.79 Å². The second kappa shape index (κ2) is 6.90. The average Bonchev–Trinajstić information content (AvgIpc) is 2.78. The van der Waals surface area contributed by atoms with Crippen LogP contribution < -0.4 is 11.1 Å². The first-order chi connectivity index (χ1) is 9.50. The van der Waals surface area contributed by atoms with Gasteiger partial charge < -0.3 is 16.0 Å². The van der Waals surface area contributed by atoms with Gasteiger partial charge in [-0.15, -0.1) is 0 Å². The minimum Gasteiger partial charge on any atom is -0.343 e. The maximum atomic E-state index is 12.3. The first-order valence-corrected chi connectivity index (χ1v) is 8.24. The monoisotopic (exact) mass is 281 g/mol. The summed E-state index contributed by atoms with van der Waals surface area (Å²) < 4.78 is 0. The standard InChI is InChI=1S/C16H31N3O/c1-16(2)7-6-13(11-16)18-14(12-17)10-15(20)19-8-4-3-5-9-19/h13-14,18H,3-12,17H2,1-2H3. The summed E-state index contributed by atoms with van der Waals surface area (Å²) >= 11 is 0. The van der Waals surface area contributed by atoms with E-state index in [1.165, 1.54) is 25.7 Å². The highest BCUT2D eigenvalue weighted by atomic mass is 16.2. The van der Waals surface area contributed by atoms with Crippen LogP contribution in [0, 0.1) is 5.41 Å². The molecular formula is C16H31N3O. The number of hydrogen-bond donors (Lipinski definition) is 2. The zero-order chi connectivity index (χ0) is 14.6. The first kappa shape index (κ1) is 15.8. The number of likely N-dealkylation sites (tertiary alicyclic amines) is 1. The minimum atomic E-state index is 0.142. The molecule has 2 unspecified atom stereocenters. The van der Waals surface area contributed by atoms with Crippen LogP contribution in [0.1, 0.15) is 58.8 Å². The third-order valence-corrected chi connectivity index (χ3v) is 4.85. The van der Waals surface area contributed by atoms with Crippen molar-refractivity contribution in [1.29, 1.82) is 0 Å². The van der Waals surface area contributed by atoms with Crippen molar-refractivity contribution in [3.05, 3.63) is 0 Å². The summed E-state index contributed by atoms with van der Waals surface area (Å²) in [7, 11) is 0. The fourth-order valence-corrected chi connectivity index (χ4v) is 3.61. The van der Waals surface area contributed by atoms with Gasteiger partial charge in [0, 0.05) is 38.1 Å². The normalized spacial score (nSPS) is 27.6. The van der Waals surface area contributed by atoms with Crippen LogP contribution in [0.15, 0.2) is 0 Å². The molecule has 1 heterocycles. The molecule has 1 aliphatic carbocycles. The third-order valence-electron chi connectivity index (χ3n) is 4.85. The Morgan fingerprint density at radius 1 is 1.35 bits per heavy atom. The summed E-state index contributed by atoms with van der Waals surface area (Å²) in [4.78, 5) is 14.3. The van der Waals surface area contributed by atoms with E-state index in [4.69, 9.17) is 5.73 Å². The fourth-order valence-electron chi connectivity index (χ4n) is 3.61. The average molecular weight is 281 g/mol. The Kier molecular flexibility index (Phi) is 5.44. The highest BCUT2D eigenvalue weighted by molar-refractivity contribution is 5.76. The van der Waals surface area contributed by atoms with Gasteiger partial charge in [-0.05, 0) is 43.9 Å². The lowest BCUT2D eigenvalue weighted by molar-refractivity contribution is -0.132. The van der Waals surface area contributed by atoms with Gasteiger partial charge in [0.05, 0.1) is 0 Å². The van der Waals surface area contributed by atoms with E-state index in [9.17, 15) is 4.79 Å². The molecule has 2 rings (SSSR count). The van der Waals surface area contributed by atoms with Gasteiger partial charge in [0.2, 0.25) is 5.91 Å². The minimum absolute atomic E-state index is 0.142. The first-order valence-electron chi connectivity index (χ1n) is 8.24. The van der Waals surface area contributed by atoms with Crippen molar-refractivity contribution in [2.24, 2.45) is 11.1 Å². The lowest BCUT2D eigenvalue weighted by Gasteiger charge is -2.29. The Morgan fingerprint density at radius 2 is 2.05 bits per heavy atom. The van der Waals surface area contributed by atoms with Crippen LogP contribution in [0.2, 0.25) is 0 Å². The summed E-state index contributed by atoms with van der Waals surface area (Å²) in [5.41, 5.74) is 6.30. The van der Waals surface area contributed by atoms with E-state index >= 15 is 0 Å². The van der Waals surface area contributed by atoms with Gasteiger partial charge in [-0.25, -0.2) is 0 Å². The maximum absolute atomic E-state index is 12.3. The molecule has 4 nitrogen and oxygen atoms in total. The van der Waals surface area contributed by atoms with Gasteiger partial charge in [-0.1, -0.05) is 13.8 Å². The zero-order valence-electron chi connectivity index (χ0n) is 13.2. The Balaban J connectivity index is 1.78. The summed E-state index contributed by atoms with van der Waals surface area (Å²) in [6, 6.07) is 0.677. The van der Waals surface area contributed by atoms with Gasteiger partial charge in [0.15, 0.2) is 0 Å². The maximum Gasteiger partial charge on any atom is 0.224 e. The Hall–Kier alpha value is -0.610. The van der Waals surface area contributed by atoms with E-state index in [-0.39, 0.29) is 11.9 Å². The van der Waals surface area contributed by atoms with Gasteiger partial charge >= 0.3 is 0 Å². The van der Waals surface area contributed by atoms with Crippen molar-refractivity contribution >= 4 is 5.91 Å². The number of hydrogen-bond acceptors (Lipinski definition) is 3. The van der Waals surface area contributed by atoms with Gasteiger partial charge in [-0.3, -0.25) is 4.79 Å². The van der Waals surface area contributed by atoms with E-state index < -0.39 is 0 Å². The van der Waals surface area contributed by atoms with Crippen molar-refractivity contribution in [2.45, 2.75) is 70.9 Å². The molecule has 0 spiro atoms. The van der Waals surface area contributed by atoms with E-state index in [1.54, 1.807) is 0 Å². The van der Waals surface area contributed by atoms with Gasteiger partial charge in [0.1, 0.15) is 0 Å². The number of piperidine rings is 1. The topological polar surface area (TPSA) is 58.4 Å². The van der Waals surface area contributed by atoms with Crippen LogP contribution in [0.3, 0.4) is 0 Å². The van der Waals surface area contributed by atoms with Crippen LogP contribution in [0.25, 0.3) is 0 Å². The quantitative estimate of drug-likeness (QED) is 0.809. The molecule has 1 saturated carbocycles. The van der Waals surface area contributed by atoms with Crippen molar-refractivity contribution in [2.75, 3.05) is 19.6 Å². The lowest BCUT2D eigenvalue weighted by Crippen LogP contribution is -2.46. The number of carbonyl (C=O) groups excluding carboxylic acids is 1. The van der Waals surface area contributed by atoms with Crippen molar-refractivity contribution in [1.82, 2.24) is 10.2 Å². The second-order valence-electron chi connectivity index (χ2n) is 7.35. The Labute approximate surface area is 123 Å². The summed E-state index contributed by atoms with van der Waals surface area (Å²) in [5.74, 6) is 0.282. The highest BCUT2D eigenvalue weighted by Crippen LogP contribution is 2.37. The van der Waals surface area contributed by atoms with Crippen LogP contribution in [0.5, 0.6) is 0 Å². The number of carbonyl (C=O) groups is 1. The number of nitrogens with two attached hydrogens (primary N) is 1. The third kappa shape index (κ3) is 4.45. The number of rotatable bonds is 5. The van der Waals surface area contributed by atoms with Crippen molar-refractivity contribution in [3.63, 3.8) is 0 Å². The molecule has 2 aliphatic rings. The molecule has 116 valence electrons. The van der Waals surface area contributed by atoms with E-state index in [1.807, 2.05) is 4.90 Å². The van der Waals surface area contributed by atoms with E-state index in [0.29, 0.717) is 24.4 Å². The van der Waals surface area contributed by atoms with Crippen molar-refractivity contribution in [3.8, 4) is 0 Å². The molecule has 20 heavy (non-hydrogen) atoms. The predicted molar refractivity (Wildman–Crippen MR) is 82.4 cm³/mol. The Morgan fingerprint density at radius 3 is 2.60 bits per heavy atom. The zero-order valence-corrected chi connectivity index (χ0v) is 13.2. The fraction of sp³-hybridized carbons (Fsp3) is 0.938. The van der Waals surface area contributed by atoms with Gasteiger partial charge in [-0.2, -0.15) is 0 Å². The van der Waals surface area contributed by atoms with Crippen LogP contribution in [-0.2, 0) is 4.79 Å². The molecule has 0 radical (unpaired) electrons. The molecule has 2 atom stereocenters. The molecule has 4 heteroatoms. The smallest absolute Gasteiger partial charge is 0.224 e. The number of nitrogens with one attached hydrogen (secondary N) is 1. The lowest BCUT2D eigenvalue weighted by atomic mass is 9.91. The molecule has 0 aromatic rings. The molecule has 1 saturated heterocycles. The van der Waals surface area contributed by atoms with Crippen LogP contribution in [0.4, 0.5) is 0 Å². The molecular weight excluding hydrogens is 250 g/mol. The number of nitrogens with zero attached hydrogens (tertiary/aromatic N) is 1. The molecule has 1 aliphatic heterocycles. The molecule has 0 bridgehead atoms. The molecule has 2 fully saturated rings. The summed E-state index contributed by atoms with van der Waals surface area (Å²) in [6.07, 6.45) is 7.81. The molecule has 0 aromatic heterocycles. The SMILES string of the molecule is CC1(C)CCC(NC(CN)CC(=O)N2CCCCC2)C1. The molecule has 1 amide bonds. The largest absolute Gasteiger partial charge is 0.343 e. The molecule has 3 N–H and O–H groups in total. The van der Waals surface area contributed by atoms with Gasteiger partial charge in [0.25, 0.3) is 0 Å².